The first-order valence-electron chi connectivity index (χ1n) is 14.5. The van der Waals surface area contributed by atoms with Gasteiger partial charge in [0.2, 0.25) is 0 Å². The molecule has 0 aliphatic heterocycles. The van der Waals surface area contributed by atoms with E-state index < -0.39 is 8.80 Å². The van der Waals surface area contributed by atoms with Crippen molar-refractivity contribution in [2.24, 2.45) is 0 Å². The summed E-state index contributed by atoms with van der Waals surface area (Å²) in [5.41, 5.74) is 12.3. The summed E-state index contributed by atoms with van der Waals surface area (Å²) in [7, 11) is -1.54. The van der Waals surface area contributed by atoms with Crippen molar-refractivity contribution >= 4 is 24.7 Å². The minimum Gasteiger partial charge on any atom is -1.00 e. The molecular formula is C39H35Cl3SiTi. The van der Waals surface area contributed by atoms with Crippen molar-refractivity contribution in [3.63, 3.8) is 0 Å². The van der Waals surface area contributed by atoms with Gasteiger partial charge in [-0.15, -0.1) is 0 Å². The van der Waals surface area contributed by atoms with Gasteiger partial charge in [-0.25, -0.2) is 0 Å². The van der Waals surface area contributed by atoms with Crippen LogP contribution >= 0.6 is 0 Å². The molecular weight excluding hydrogens is 651 g/mol. The summed E-state index contributed by atoms with van der Waals surface area (Å²) in [4.78, 5) is 0. The molecule has 0 saturated carbocycles. The summed E-state index contributed by atoms with van der Waals surface area (Å²) in [6.07, 6.45) is 0. The number of hydrogen-bond acceptors (Lipinski definition) is 0. The molecule has 0 heterocycles. The average molecular weight is 686 g/mol. The van der Waals surface area contributed by atoms with E-state index in [1.54, 1.807) is 0 Å². The van der Waals surface area contributed by atoms with Crippen LogP contribution in [0.15, 0.2) is 156 Å². The van der Waals surface area contributed by atoms with Gasteiger partial charge in [0.05, 0.1) is 0 Å². The van der Waals surface area contributed by atoms with Crippen LogP contribution in [0.1, 0.15) is 26.3 Å². The molecule has 0 amide bonds. The Morgan fingerprint density at radius 2 is 0.841 bits per heavy atom. The predicted octanol–water partition coefficient (Wildman–Crippen LogP) is -0.0969. The summed E-state index contributed by atoms with van der Waals surface area (Å²) < 4.78 is -0.0555. The molecule has 1 unspecified atom stereocenters. The van der Waals surface area contributed by atoms with E-state index in [9.17, 15) is 0 Å². The molecule has 0 aromatic heterocycles. The van der Waals surface area contributed by atoms with Crippen molar-refractivity contribution < 1.29 is 57.7 Å². The van der Waals surface area contributed by atoms with Gasteiger partial charge in [0, 0.05) is 0 Å². The van der Waals surface area contributed by atoms with E-state index in [2.05, 4.69) is 181 Å². The Kier molecular flexibility index (Phi) is 12.7. The molecule has 0 saturated heterocycles. The summed E-state index contributed by atoms with van der Waals surface area (Å²) in [5.74, 6) is 0. The molecule has 220 valence electrons. The molecule has 0 nitrogen and oxygen atoms in total. The second-order valence-corrected chi connectivity index (χ2v) is 15.4. The van der Waals surface area contributed by atoms with Gasteiger partial charge >= 0.3 is 260 Å². The Bertz CT molecular complexity index is 1640. The fourth-order valence-electron chi connectivity index (χ4n) is 6.49. The van der Waals surface area contributed by atoms with Crippen LogP contribution in [0, 0.1) is 0 Å². The van der Waals surface area contributed by atoms with Crippen LogP contribution < -0.4 is 47.6 Å². The molecule has 0 fully saturated rings. The molecule has 5 aromatic carbocycles. The molecule has 6 rings (SSSR count). The standard InChI is InChI=1S/C39H35Si.3ClH.Ti/c1-28-29(2)38(27-40(36-20-12-6-13-21-36)37-22-14-7-15-23-37)39(30(28)3)35-25-33(31-16-8-4-9-17-31)24-34(26-35)32-18-10-5-11-19-32;;;;/h4-26,40H,27H2,1-3H3;3*1H;/q;;;;+3/p-3. The number of allylic oxidation sites excluding steroid dienone is 4. The van der Waals surface area contributed by atoms with E-state index in [1.807, 2.05) is 0 Å². The molecule has 0 N–H and O–H groups in total. The van der Waals surface area contributed by atoms with Crippen LogP contribution in [0.4, 0.5) is 0 Å². The van der Waals surface area contributed by atoms with Crippen LogP contribution in [0.3, 0.4) is 0 Å². The molecule has 0 radical (unpaired) electrons. The van der Waals surface area contributed by atoms with Crippen LogP contribution in [-0.2, 0) is 20.4 Å². The van der Waals surface area contributed by atoms with Crippen molar-refractivity contribution in [3.05, 3.63) is 162 Å². The third-order valence-corrected chi connectivity index (χ3v) is 14.2. The molecule has 5 aromatic rings. The molecule has 1 aliphatic rings. The smallest absolute Gasteiger partial charge is 1.00 e. The molecule has 1 aliphatic carbocycles. The van der Waals surface area contributed by atoms with Gasteiger partial charge in [-0.05, 0) is 0 Å². The fourth-order valence-corrected chi connectivity index (χ4v) is 11.6. The second kappa shape index (κ2) is 15.6. The zero-order valence-electron chi connectivity index (χ0n) is 25.2. The first kappa shape index (κ1) is 35.9. The molecule has 5 heteroatoms. The molecule has 1 atom stereocenters. The van der Waals surface area contributed by atoms with Gasteiger partial charge in [0.1, 0.15) is 0 Å². The van der Waals surface area contributed by atoms with E-state index >= 15 is 0 Å². The van der Waals surface area contributed by atoms with Gasteiger partial charge in [-0.3, -0.25) is 0 Å². The third kappa shape index (κ3) is 7.10. The van der Waals surface area contributed by atoms with Crippen molar-refractivity contribution in [1.82, 2.24) is 0 Å². The Hall–Kier alpha value is -2.62. The van der Waals surface area contributed by atoms with Gasteiger partial charge < -0.3 is 37.2 Å². The van der Waals surface area contributed by atoms with Crippen molar-refractivity contribution in [2.75, 3.05) is 0 Å². The second-order valence-electron chi connectivity index (χ2n) is 11.3. The van der Waals surface area contributed by atoms with E-state index in [-0.39, 0.29) is 40.9 Å². The first-order valence-corrected chi connectivity index (χ1v) is 17.2. The minimum absolute atomic E-state index is 0. The zero-order chi connectivity index (χ0) is 28.4. The van der Waals surface area contributed by atoms with Gasteiger partial charge in [-0.1, -0.05) is 0 Å². The fraction of sp³-hybridized carbons (Fsp3) is 0.128. The monoisotopic (exact) mass is 684 g/mol. The average Bonchev–Trinajstić information content (AvgIpc) is 3.20. The van der Waals surface area contributed by atoms with Crippen molar-refractivity contribution in [1.29, 1.82) is 0 Å². The summed E-state index contributed by atoms with van der Waals surface area (Å²) in [5, 5.41) is 3.02. The summed E-state index contributed by atoms with van der Waals surface area (Å²) in [6.45, 7) is 7.06. The maximum Gasteiger partial charge on any atom is -1.00 e. The van der Waals surface area contributed by atoms with E-state index in [1.165, 1.54) is 60.5 Å². The van der Waals surface area contributed by atoms with E-state index in [4.69, 9.17) is 0 Å². The maximum absolute atomic E-state index is 2.51. The quantitative estimate of drug-likeness (QED) is 0.210. The van der Waals surface area contributed by atoms with Gasteiger partial charge in [0.25, 0.3) is 0 Å². The Labute approximate surface area is 295 Å². The molecule has 0 spiro atoms. The number of rotatable bonds is 7. The number of benzene rings is 5. The van der Waals surface area contributed by atoms with Crippen molar-refractivity contribution in [2.45, 2.75) is 30.5 Å². The SMILES string of the molecule is CC1=C(C)[C]([Ti+3])(C[SiH](c2ccccc2)c2ccccc2)C(c2cc(-c3ccccc3)cc(-c3ccccc3)c2)=C1C.[Cl-].[Cl-].[Cl-]. The summed E-state index contributed by atoms with van der Waals surface area (Å²) >= 11 is 2.51. The molecule has 0 bridgehead atoms. The van der Waals surface area contributed by atoms with Crippen LogP contribution in [0.2, 0.25) is 9.76 Å². The summed E-state index contributed by atoms with van der Waals surface area (Å²) in [6, 6.07) is 52.6. The number of hydrogen-bond donors (Lipinski definition) is 0. The zero-order valence-corrected chi connectivity index (χ0v) is 30.2. The van der Waals surface area contributed by atoms with Crippen LogP contribution in [-0.4, -0.2) is 8.80 Å². The maximum atomic E-state index is 2.51. The third-order valence-electron chi connectivity index (χ3n) is 8.92. The molecule has 44 heavy (non-hydrogen) atoms. The first-order chi connectivity index (χ1) is 20.0. The Balaban J connectivity index is 0.00000176. The van der Waals surface area contributed by atoms with E-state index in [0.717, 1.165) is 6.04 Å². The Morgan fingerprint density at radius 3 is 1.25 bits per heavy atom. The van der Waals surface area contributed by atoms with E-state index in [0.29, 0.717) is 0 Å². The predicted molar refractivity (Wildman–Crippen MR) is 175 cm³/mol. The largest absolute Gasteiger partial charge is 1.00 e. The normalized spacial score (nSPS) is 15.9. The number of halogens is 3. The van der Waals surface area contributed by atoms with Gasteiger partial charge in [-0.2, -0.15) is 0 Å². The van der Waals surface area contributed by atoms with Crippen LogP contribution in [0.25, 0.3) is 27.8 Å². The van der Waals surface area contributed by atoms with Crippen LogP contribution in [0.5, 0.6) is 0 Å². The minimum atomic E-state index is -1.54. The topological polar surface area (TPSA) is 0 Å². The Morgan fingerprint density at radius 1 is 0.477 bits per heavy atom. The van der Waals surface area contributed by atoms with Crippen molar-refractivity contribution in [3.8, 4) is 22.3 Å². The van der Waals surface area contributed by atoms with Gasteiger partial charge in [0.15, 0.2) is 0 Å².